The molecular formula is C9H17NO2. The molecule has 3 nitrogen and oxygen atoms in total. The maximum atomic E-state index is 11.2. The van der Waals surface area contributed by atoms with E-state index >= 15 is 0 Å². The molecule has 1 amide bonds. The smallest absolute Gasteiger partial charge is 0.409 e. The van der Waals surface area contributed by atoms with Gasteiger partial charge in [-0.3, -0.25) is 0 Å². The molecule has 0 aromatic heterocycles. The van der Waals surface area contributed by atoms with Crippen LogP contribution in [0.5, 0.6) is 0 Å². The van der Waals surface area contributed by atoms with Crippen LogP contribution in [0, 0.1) is 5.92 Å². The monoisotopic (exact) mass is 171 g/mol. The topological polar surface area (TPSA) is 29.5 Å². The number of carbonyl (C=O) groups is 1. The average Bonchev–Trinajstić information content (AvgIpc) is 2.84. The van der Waals surface area contributed by atoms with Gasteiger partial charge in [-0.25, -0.2) is 4.79 Å². The van der Waals surface area contributed by atoms with Gasteiger partial charge in [0.25, 0.3) is 0 Å². The Kier molecular flexibility index (Phi) is 2.95. The van der Waals surface area contributed by atoms with Gasteiger partial charge in [-0.2, -0.15) is 0 Å². The van der Waals surface area contributed by atoms with Gasteiger partial charge in [0.2, 0.25) is 0 Å². The SMILES string of the molecule is CCOC(=O)N(C)C(C)C1CC1. The third-order valence-corrected chi connectivity index (χ3v) is 2.47. The maximum absolute atomic E-state index is 11.2. The molecule has 0 aromatic carbocycles. The summed E-state index contributed by atoms with van der Waals surface area (Å²) in [6.45, 7) is 4.36. The van der Waals surface area contributed by atoms with Crippen LogP contribution in [-0.4, -0.2) is 30.7 Å². The van der Waals surface area contributed by atoms with Crippen LogP contribution in [0.3, 0.4) is 0 Å². The van der Waals surface area contributed by atoms with Gasteiger partial charge in [-0.15, -0.1) is 0 Å². The first-order chi connectivity index (χ1) is 5.66. The van der Waals surface area contributed by atoms with Crippen molar-refractivity contribution in [1.82, 2.24) is 4.90 Å². The summed E-state index contributed by atoms with van der Waals surface area (Å²) in [5.41, 5.74) is 0. The van der Waals surface area contributed by atoms with Gasteiger partial charge in [-0.1, -0.05) is 0 Å². The summed E-state index contributed by atoms with van der Waals surface area (Å²) in [5.74, 6) is 0.708. The van der Waals surface area contributed by atoms with Crippen LogP contribution < -0.4 is 0 Å². The number of nitrogens with zero attached hydrogens (tertiary/aromatic N) is 1. The fraction of sp³-hybridized carbons (Fsp3) is 0.889. The predicted octanol–water partition coefficient (Wildman–Crippen LogP) is 1.87. The van der Waals surface area contributed by atoms with Crippen LogP contribution in [0.2, 0.25) is 0 Å². The van der Waals surface area contributed by atoms with Crippen molar-refractivity contribution in [2.75, 3.05) is 13.7 Å². The highest BCUT2D eigenvalue weighted by molar-refractivity contribution is 5.67. The number of hydrogen-bond acceptors (Lipinski definition) is 2. The lowest BCUT2D eigenvalue weighted by atomic mass is 10.2. The molecule has 0 heterocycles. The summed E-state index contributed by atoms with van der Waals surface area (Å²) in [6.07, 6.45) is 2.31. The van der Waals surface area contributed by atoms with Gasteiger partial charge in [0.15, 0.2) is 0 Å². The highest BCUT2D eigenvalue weighted by Gasteiger charge is 2.32. The lowest BCUT2D eigenvalue weighted by Gasteiger charge is -2.23. The van der Waals surface area contributed by atoms with Crippen LogP contribution in [0.25, 0.3) is 0 Å². The van der Waals surface area contributed by atoms with Gasteiger partial charge in [-0.05, 0) is 32.6 Å². The number of rotatable bonds is 3. The van der Waals surface area contributed by atoms with Crippen molar-refractivity contribution < 1.29 is 9.53 Å². The molecule has 0 aromatic rings. The first-order valence-electron chi connectivity index (χ1n) is 4.56. The van der Waals surface area contributed by atoms with Gasteiger partial charge in [0.1, 0.15) is 0 Å². The molecule has 0 saturated heterocycles. The minimum Gasteiger partial charge on any atom is -0.450 e. The highest BCUT2D eigenvalue weighted by Crippen LogP contribution is 2.34. The third-order valence-electron chi connectivity index (χ3n) is 2.47. The van der Waals surface area contributed by atoms with Crippen molar-refractivity contribution in [1.29, 1.82) is 0 Å². The van der Waals surface area contributed by atoms with Crippen molar-refractivity contribution in [3.8, 4) is 0 Å². The summed E-state index contributed by atoms with van der Waals surface area (Å²) in [7, 11) is 1.81. The number of hydrogen-bond donors (Lipinski definition) is 0. The molecule has 3 heteroatoms. The van der Waals surface area contributed by atoms with Crippen molar-refractivity contribution >= 4 is 6.09 Å². The fourth-order valence-electron chi connectivity index (χ4n) is 1.29. The molecule has 0 radical (unpaired) electrons. The number of amides is 1. The van der Waals surface area contributed by atoms with E-state index < -0.39 is 0 Å². The zero-order valence-corrected chi connectivity index (χ0v) is 8.04. The van der Waals surface area contributed by atoms with E-state index in [0.717, 1.165) is 0 Å². The van der Waals surface area contributed by atoms with Crippen molar-refractivity contribution in [2.24, 2.45) is 5.92 Å². The normalized spacial score (nSPS) is 18.6. The Labute approximate surface area is 73.7 Å². The summed E-state index contributed by atoms with van der Waals surface area (Å²) >= 11 is 0. The molecule has 0 bridgehead atoms. The molecule has 0 N–H and O–H groups in total. The standard InChI is InChI=1S/C9H17NO2/c1-4-12-9(11)10(3)7(2)8-5-6-8/h7-8H,4-6H2,1-3H3. The summed E-state index contributed by atoms with van der Waals surface area (Å²) < 4.78 is 4.89. The number of carbonyl (C=O) groups excluding carboxylic acids is 1. The van der Waals surface area contributed by atoms with E-state index in [0.29, 0.717) is 18.6 Å². The van der Waals surface area contributed by atoms with E-state index in [4.69, 9.17) is 4.74 Å². The second kappa shape index (κ2) is 3.78. The van der Waals surface area contributed by atoms with E-state index in [9.17, 15) is 4.79 Å². The molecule has 1 aliphatic rings. The predicted molar refractivity (Wildman–Crippen MR) is 47.0 cm³/mol. The molecule has 1 atom stereocenters. The van der Waals surface area contributed by atoms with E-state index in [2.05, 4.69) is 6.92 Å². The van der Waals surface area contributed by atoms with Gasteiger partial charge in [0, 0.05) is 13.1 Å². The summed E-state index contributed by atoms with van der Waals surface area (Å²) in [5, 5.41) is 0. The minimum atomic E-state index is -0.197. The van der Waals surface area contributed by atoms with Crippen LogP contribution in [0.15, 0.2) is 0 Å². The average molecular weight is 171 g/mol. The zero-order chi connectivity index (χ0) is 9.14. The molecule has 1 saturated carbocycles. The molecule has 70 valence electrons. The third kappa shape index (κ3) is 2.13. The van der Waals surface area contributed by atoms with Crippen LogP contribution >= 0.6 is 0 Å². The molecule has 12 heavy (non-hydrogen) atoms. The first kappa shape index (κ1) is 9.36. The summed E-state index contributed by atoms with van der Waals surface area (Å²) in [4.78, 5) is 12.9. The molecule has 1 fully saturated rings. The van der Waals surface area contributed by atoms with Crippen LogP contribution in [0.1, 0.15) is 26.7 Å². The van der Waals surface area contributed by atoms with E-state index in [1.54, 1.807) is 11.9 Å². The fourth-order valence-corrected chi connectivity index (χ4v) is 1.29. The Hall–Kier alpha value is -0.730. The zero-order valence-electron chi connectivity index (χ0n) is 8.04. The van der Waals surface area contributed by atoms with E-state index in [1.807, 2.05) is 6.92 Å². The molecule has 1 aliphatic carbocycles. The van der Waals surface area contributed by atoms with E-state index in [-0.39, 0.29) is 6.09 Å². The van der Waals surface area contributed by atoms with Crippen LogP contribution in [0.4, 0.5) is 4.79 Å². The first-order valence-corrected chi connectivity index (χ1v) is 4.56. The largest absolute Gasteiger partial charge is 0.450 e. The van der Waals surface area contributed by atoms with Crippen molar-refractivity contribution in [3.05, 3.63) is 0 Å². The Morgan fingerprint density at radius 1 is 1.67 bits per heavy atom. The van der Waals surface area contributed by atoms with Crippen molar-refractivity contribution in [2.45, 2.75) is 32.7 Å². The highest BCUT2D eigenvalue weighted by atomic mass is 16.6. The number of ether oxygens (including phenoxy) is 1. The van der Waals surface area contributed by atoms with Gasteiger partial charge < -0.3 is 9.64 Å². The Balaban J connectivity index is 2.33. The summed E-state index contributed by atoms with van der Waals surface area (Å²) in [6, 6.07) is 0.337. The molecule has 0 aliphatic heterocycles. The van der Waals surface area contributed by atoms with Gasteiger partial charge >= 0.3 is 6.09 Å². The Bertz CT molecular complexity index is 166. The van der Waals surface area contributed by atoms with Gasteiger partial charge in [0.05, 0.1) is 6.61 Å². The lowest BCUT2D eigenvalue weighted by molar-refractivity contribution is 0.100. The molecule has 1 unspecified atom stereocenters. The quantitative estimate of drug-likeness (QED) is 0.648. The Morgan fingerprint density at radius 2 is 2.25 bits per heavy atom. The molecular weight excluding hydrogens is 154 g/mol. The lowest BCUT2D eigenvalue weighted by Crippen LogP contribution is -2.36. The second-order valence-corrected chi connectivity index (χ2v) is 3.39. The molecule has 1 rings (SSSR count). The minimum absolute atomic E-state index is 0.197. The molecule has 0 spiro atoms. The van der Waals surface area contributed by atoms with E-state index in [1.165, 1.54) is 12.8 Å². The Morgan fingerprint density at radius 3 is 2.67 bits per heavy atom. The van der Waals surface area contributed by atoms with Crippen molar-refractivity contribution in [3.63, 3.8) is 0 Å². The maximum Gasteiger partial charge on any atom is 0.409 e. The second-order valence-electron chi connectivity index (χ2n) is 3.39. The van der Waals surface area contributed by atoms with Crippen LogP contribution in [-0.2, 0) is 4.74 Å².